The van der Waals surface area contributed by atoms with Crippen LogP contribution in [-0.2, 0) is 19.9 Å². The average molecular weight is 479 g/mol. The molecule has 2 aromatic carbocycles. The first-order valence-electron chi connectivity index (χ1n) is 11.1. The minimum atomic E-state index is -0.847. The van der Waals surface area contributed by atoms with Crippen LogP contribution in [-0.4, -0.2) is 43.2 Å². The Morgan fingerprint density at radius 2 is 1.79 bits per heavy atom. The van der Waals surface area contributed by atoms with Gasteiger partial charge in [0.15, 0.2) is 5.78 Å². The van der Waals surface area contributed by atoms with Crippen LogP contribution in [0.15, 0.2) is 70.3 Å². The van der Waals surface area contributed by atoms with Gasteiger partial charge in [-0.05, 0) is 58.6 Å². The van der Waals surface area contributed by atoms with Crippen LogP contribution in [0.25, 0.3) is 0 Å². The van der Waals surface area contributed by atoms with E-state index in [0.29, 0.717) is 0 Å². The summed E-state index contributed by atoms with van der Waals surface area (Å²) in [5.41, 5.74) is 3.23. The van der Waals surface area contributed by atoms with E-state index in [1.54, 1.807) is 11.3 Å². The van der Waals surface area contributed by atoms with E-state index >= 15 is 0 Å². The van der Waals surface area contributed by atoms with Gasteiger partial charge in [0, 0.05) is 30.1 Å². The second-order valence-electron chi connectivity index (χ2n) is 8.46. The van der Waals surface area contributed by atoms with E-state index in [1.807, 2.05) is 60.1 Å². The number of ether oxygens (including phenoxy) is 1. The second kappa shape index (κ2) is 9.33. The Morgan fingerprint density at radius 1 is 1.03 bits per heavy atom. The molecule has 33 heavy (non-hydrogen) atoms. The highest BCUT2D eigenvalue weighted by atomic mass is 32.2. The summed E-state index contributed by atoms with van der Waals surface area (Å²) in [6, 6.07) is 18.1. The number of benzene rings is 2. The molecule has 2 atom stereocenters. The molecule has 1 N–H and O–H groups in total. The summed E-state index contributed by atoms with van der Waals surface area (Å²) in [5.74, 6) is -0.279. The Balaban J connectivity index is 1.45. The number of thioether (sulfide) groups is 1. The lowest BCUT2D eigenvalue weighted by Gasteiger charge is -2.40. The number of hydrogen-bond acceptors (Lipinski definition) is 6. The number of anilines is 1. The molecule has 2 saturated heterocycles. The van der Waals surface area contributed by atoms with Gasteiger partial charge in [-0.25, -0.2) is 0 Å². The number of aryl methyl sites for hydroxylation is 1. The monoisotopic (exact) mass is 478 g/mol. The van der Waals surface area contributed by atoms with Crippen LogP contribution in [0, 0.1) is 6.92 Å². The van der Waals surface area contributed by atoms with Crippen molar-refractivity contribution in [1.82, 2.24) is 5.32 Å². The van der Waals surface area contributed by atoms with Crippen molar-refractivity contribution >= 4 is 40.5 Å². The third-order valence-corrected chi connectivity index (χ3v) is 8.50. The molecule has 2 fully saturated rings. The summed E-state index contributed by atoms with van der Waals surface area (Å²) in [4.78, 5) is 30.0. The molecule has 2 unspecified atom stereocenters. The summed E-state index contributed by atoms with van der Waals surface area (Å²) in [6.07, 6.45) is 0.232. The number of rotatable bonds is 5. The van der Waals surface area contributed by atoms with Crippen molar-refractivity contribution in [1.29, 1.82) is 0 Å². The number of nitrogens with zero attached hydrogens (tertiary/aromatic N) is 1. The highest BCUT2D eigenvalue weighted by Gasteiger charge is 2.47. The Morgan fingerprint density at radius 3 is 2.45 bits per heavy atom. The number of Topliss-reactive ketones (excluding diaryl/α,β-unsaturated/α-hetero) is 1. The van der Waals surface area contributed by atoms with Gasteiger partial charge in [-0.15, -0.1) is 11.8 Å². The van der Waals surface area contributed by atoms with Gasteiger partial charge in [-0.1, -0.05) is 30.3 Å². The highest BCUT2D eigenvalue weighted by Crippen LogP contribution is 2.41. The summed E-state index contributed by atoms with van der Waals surface area (Å²) >= 11 is 2.91. The zero-order chi connectivity index (χ0) is 22.8. The Bertz CT molecular complexity index is 1120. The Labute approximate surface area is 202 Å². The molecule has 170 valence electrons. The molecule has 0 radical (unpaired) electrons. The standard InChI is InChI=1S/C26H26N2O3S2/c1-18-4-2-3-5-23(18)33-24-22(29)16-26(27-25(24)30,20-10-15-32-17-20)19-6-8-21(9-7-19)28-11-13-31-14-12-28/h2-10,15,17,24H,11-14,16H2,1H3,(H,27,30). The molecule has 2 aliphatic rings. The maximum absolute atomic E-state index is 13.4. The molecule has 5 nitrogen and oxygen atoms in total. The molecule has 0 aliphatic carbocycles. The third-order valence-electron chi connectivity index (χ3n) is 6.40. The number of carbonyl (C=O) groups is 2. The van der Waals surface area contributed by atoms with Crippen LogP contribution in [0.4, 0.5) is 5.69 Å². The number of amides is 1. The van der Waals surface area contributed by atoms with Gasteiger partial charge < -0.3 is 15.0 Å². The van der Waals surface area contributed by atoms with Gasteiger partial charge in [-0.3, -0.25) is 9.59 Å². The average Bonchev–Trinajstić information content (AvgIpc) is 3.39. The number of piperidine rings is 1. The molecule has 0 saturated carbocycles. The molecule has 1 amide bonds. The molecule has 3 aromatic rings. The number of carbonyl (C=O) groups excluding carboxylic acids is 2. The van der Waals surface area contributed by atoms with Gasteiger partial charge in [0.1, 0.15) is 5.25 Å². The van der Waals surface area contributed by atoms with E-state index in [4.69, 9.17) is 4.74 Å². The first kappa shape index (κ1) is 22.2. The molecule has 0 bridgehead atoms. The molecule has 5 rings (SSSR count). The maximum atomic E-state index is 13.4. The van der Waals surface area contributed by atoms with E-state index in [1.165, 1.54) is 11.8 Å². The number of thiophene rings is 1. The zero-order valence-electron chi connectivity index (χ0n) is 18.5. The van der Waals surface area contributed by atoms with Crippen LogP contribution in [0.1, 0.15) is 23.1 Å². The summed E-state index contributed by atoms with van der Waals surface area (Å²) in [6.45, 7) is 5.18. The van der Waals surface area contributed by atoms with Crippen molar-refractivity contribution in [3.63, 3.8) is 0 Å². The minimum absolute atomic E-state index is 0.0459. The smallest absolute Gasteiger partial charge is 0.242 e. The number of morpholine rings is 1. The topological polar surface area (TPSA) is 58.6 Å². The zero-order valence-corrected chi connectivity index (χ0v) is 20.1. The van der Waals surface area contributed by atoms with Crippen LogP contribution < -0.4 is 10.2 Å². The first-order valence-corrected chi connectivity index (χ1v) is 12.9. The van der Waals surface area contributed by atoms with Crippen molar-refractivity contribution < 1.29 is 14.3 Å². The number of nitrogens with one attached hydrogen (secondary N) is 1. The molecule has 0 spiro atoms. The lowest BCUT2D eigenvalue weighted by atomic mass is 9.77. The minimum Gasteiger partial charge on any atom is -0.378 e. The normalized spacial score (nSPS) is 23.4. The molecule has 3 heterocycles. The molecular formula is C26H26N2O3S2. The Hall–Kier alpha value is -2.61. The van der Waals surface area contributed by atoms with E-state index in [-0.39, 0.29) is 18.1 Å². The first-order chi connectivity index (χ1) is 16.1. The molecular weight excluding hydrogens is 452 g/mol. The van der Waals surface area contributed by atoms with E-state index in [2.05, 4.69) is 22.3 Å². The summed E-state index contributed by atoms with van der Waals surface area (Å²) in [5, 5.41) is 6.53. The highest BCUT2D eigenvalue weighted by molar-refractivity contribution is 8.01. The summed E-state index contributed by atoms with van der Waals surface area (Å²) < 4.78 is 5.46. The van der Waals surface area contributed by atoms with Crippen LogP contribution >= 0.6 is 23.1 Å². The van der Waals surface area contributed by atoms with Crippen molar-refractivity contribution in [3.05, 3.63) is 82.0 Å². The van der Waals surface area contributed by atoms with Gasteiger partial charge in [-0.2, -0.15) is 11.3 Å². The fourth-order valence-electron chi connectivity index (χ4n) is 4.56. The quantitative estimate of drug-likeness (QED) is 0.552. The molecule has 7 heteroatoms. The lowest BCUT2D eigenvalue weighted by molar-refractivity contribution is -0.132. The predicted molar refractivity (Wildman–Crippen MR) is 133 cm³/mol. The fraction of sp³-hybridized carbons (Fsp3) is 0.308. The predicted octanol–water partition coefficient (Wildman–Crippen LogP) is 4.39. The van der Waals surface area contributed by atoms with Gasteiger partial charge >= 0.3 is 0 Å². The molecule has 1 aromatic heterocycles. The number of ketones is 1. The third kappa shape index (κ3) is 4.33. The summed E-state index contributed by atoms with van der Waals surface area (Å²) in [7, 11) is 0. The SMILES string of the molecule is Cc1ccccc1SC1C(=O)CC(c2ccc(N3CCOCC3)cc2)(c2ccsc2)NC1=O. The van der Waals surface area contributed by atoms with Gasteiger partial charge in [0.2, 0.25) is 5.91 Å². The largest absolute Gasteiger partial charge is 0.378 e. The second-order valence-corrected chi connectivity index (χ2v) is 10.4. The van der Waals surface area contributed by atoms with Gasteiger partial charge in [0.05, 0.1) is 18.8 Å². The van der Waals surface area contributed by atoms with Crippen molar-refractivity contribution in [2.75, 3.05) is 31.2 Å². The van der Waals surface area contributed by atoms with Gasteiger partial charge in [0.25, 0.3) is 0 Å². The fourth-order valence-corrected chi connectivity index (χ4v) is 6.33. The van der Waals surface area contributed by atoms with Crippen LogP contribution in [0.3, 0.4) is 0 Å². The molecule has 2 aliphatic heterocycles. The van der Waals surface area contributed by atoms with Crippen molar-refractivity contribution in [2.24, 2.45) is 0 Å². The Kier molecular flexibility index (Phi) is 6.27. The van der Waals surface area contributed by atoms with E-state index in [9.17, 15) is 9.59 Å². The van der Waals surface area contributed by atoms with E-state index in [0.717, 1.165) is 53.6 Å². The maximum Gasteiger partial charge on any atom is 0.242 e. The van der Waals surface area contributed by atoms with Crippen molar-refractivity contribution in [3.8, 4) is 0 Å². The van der Waals surface area contributed by atoms with Crippen molar-refractivity contribution in [2.45, 2.75) is 29.0 Å². The number of hydrogen-bond donors (Lipinski definition) is 1. The van der Waals surface area contributed by atoms with Crippen LogP contribution in [0.5, 0.6) is 0 Å². The van der Waals surface area contributed by atoms with Crippen LogP contribution in [0.2, 0.25) is 0 Å². The lowest BCUT2D eigenvalue weighted by Crippen LogP contribution is -2.58. The van der Waals surface area contributed by atoms with E-state index < -0.39 is 10.8 Å².